The molecule has 6 nitrogen and oxygen atoms in total. The topological polar surface area (TPSA) is 79.3 Å². The molecule has 1 unspecified atom stereocenters. The molecular weight excluding hydrogens is 320 g/mol. The van der Waals surface area contributed by atoms with Crippen LogP contribution in [0.3, 0.4) is 0 Å². The van der Waals surface area contributed by atoms with E-state index in [1.54, 1.807) is 6.20 Å². The normalized spacial score (nSPS) is 13.3. The number of carboxylic acid groups (broad SMARTS) is 1. The van der Waals surface area contributed by atoms with Gasteiger partial charge in [-0.25, -0.2) is 0 Å². The number of esters is 1. The summed E-state index contributed by atoms with van der Waals surface area (Å²) in [6, 6.07) is 5.77. The molecule has 0 saturated carbocycles. The van der Waals surface area contributed by atoms with Crippen molar-refractivity contribution in [1.82, 2.24) is 4.98 Å². The van der Waals surface area contributed by atoms with E-state index in [-0.39, 0.29) is 24.9 Å². The average molecular weight is 350 g/mol. The molecule has 6 heteroatoms. The third-order valence-corrected chi connectivity index (χ3v) is 4.41. The van der Waals surface area contributed by atoms with Gasteiger partial charge < -0.3 is 19.1 Å². The summed E-state index contributed by atoms with van der Waals surface area (Å²) in [5.74, 6) is -1.15. The van der Waals surface area contributed by atoms with E-state index in [1.165, 1.54) is 0 Å². The van der Waals surface area contributed by atoms with Gasteiger partial charge in [0.1, 0.15) is 13.2 Å². The number of rotatable bonds is 10. The molecule has 1 aromatic heterocycles. The molecule has 0 fully saturated rings. The van der Waals surface area contributed by atoms with Gasteiger partial charge in [0.25, 0.3) is 0 Å². The van der Waals surface area contributed by atoms with E-state index in [2.05, 4.69) is 11.9 Å². The van der Waals surface area contributed by atoms with Gasteiger partial charge in [0.2, 0.25) is 0 Å². The van der Waals surface area contributed by atoms with Crippen molar-refractivity contribution in [3.05, 3.63) is 30.1 Å². The van der Waals surface area contributed by atoms with Crippen molar-refractivity contribution in [2.45, 2.75) is 39.5 Å². The SMILES string of the molecule is CC(CC(C)(C)C(=O)OCC[N+](C)(C)CCC(=O)[O-])c1ccccn1. The molecule has 0 radical (unpaired) electrons. The van der Waals surface area contributed by atoms with Gasteiger partial charge in [-0.3, -0.25) is 9.78 Å². The number of carboxylic acids is 1. The molecule has 0 N–H and O–H groups in total. The molecular formula is C19H30N2O4. The smallest absolute Gasteiger partial charge is 0.311 e. The number of nitrogens with zero attached hydrogens (tertiary/aromatic N) is 2. The number of aromatic nitrogens is 1. The first kappa shape index (κ1) is 21.1. The second kappa shape index (κ2) is 8.94. The zero-order valence-corrected chi connectivity index (χ0v) is 15.9. The largest absolute Gasteiger partial charge is 0.550 e. The molecule has 1 aromatic rings. The fourth-order valence-electron chi connectivity index (χ4n) is 2.71. The highest BCUT2D eigenvalue weighted by molar-refractivity contribution is 5.76. The number of carbonyl (C=O) groups excluding carboxylic acids is 2. The summed E-state index contributed by atoms with van der Waals surface area (Å²) in [5.41, 5.74) is 0.349. The van der Waals surface area contributed by atoms with Gasteiger partial charge in [-0.2, -0.15) is 0 Å². The summed E-state index contributed by atoms with van der Waals surface area (Å²) < 4.78 is 5.91. The number of carbonyl (C=O) groups is 2. The number of likely N-dealkylation sites (N-methyl/N-ethyl adjacent to an activating group) is 1. The van der Waals surface area contributed by atoms with Crippen molar-refractivity contribution in [3.63, 3.8) is 0 Å². The lowest BCUT2D eigenvalue weighted by atomic mass is 9.82. The van der Waals surface area contributed by atoms with E-state index >= 15 is 0 Å². The van der Waals surface area contributed by atoms with Crippen LogP contribution in [0, 0.1) is 5.41 Å². The van der Waals surface area contributed by atoms with Crippen LogP contribution in [0.25, 0.3) is 0 Å². The summed E-state index contributed by atoms with van der Waals surface area (Å²) in [6.45, 7) is 7.08. The molecule has 0 aliphatic carbocycles. The summed E-state index contributed by atoms with van der Waals surface area (Å²) in [6.07, 6.45) is 2.39. The zero-order chi connectivity index (χ0) is 19.1. The Bertz CT molecular complexity index is 570. The standard InChI is InChI=1S/C19H30N2O4/c1-15(16-8-6-7-10-20-16)14-19(2,3)18(24)25-13-12-21(4,5)11-9-17(22)23/h6-8,10,15H,9,11-14H2,1-5H3. The van der Waals surface area contributed by atoms with Crippen LogP contribution in [0.2, 0.25) is 0 Å². The van der Waals surface area contributed by atoms with E-state index in [1.807, 2.05) is 46.1 Å². The number of hydrogen-bond donors (Lipinski definition) is 0. The lowest BCUT2D eigenvalue weighted by Crippen LogP contribution is -2.45. The van der Waals surface area contributed by atoms with Crippen molar-refractivity contribution in [2.75, 3.05) is 33.8 Å². The van der Waals surface area contributed by atoms with Gasteiger partial charge in [0.15, 0.2) is 0 Å². The summed E-state index contributed by atoms with van der Waals surface area (Å²) in [7, 11) is 3.82. The van der Waals surface area contributed by atoms with Gasteiger partial charge in [-0.1, -0.05) is 13.0 Å². The van der Waals surface area contributed by atoms with Crippen molar-refractivity contribution >= 4 is 11.9 Å². The van der Waals surface area contributed by atoms with Crippen LogP contribution in [0.1, 0.15) is 45.2 Å². The summed E-state index contributed by atoms with van der Waals surface area (Å²) in [4.78, 5) is 27.3. The van der Waals surface area contributed by atoms with Crippen molar-refractivity contribution < 1.29 is 23.9 Å². The number of pyridine rings is 1. The van der Waals surface area contributed by atoms with Gasteiger partial charge in [-0.05, 0) is 38.3 Å². The molecule has 1 rings (SSSR count). The predicted octanol–water partition coefficient (Wildman–Crippen LogP) is 1.36. The van der Waals surface area contributed by atoms with Crippen LogP contribution in [-0.2, 0) is 14.3 Å². The Labute approximate surface area is 150 Å². The minimum atomic E-state index is -1.06. The van der Waals surface area contributed by atoms with E-state index < -0.39 is 11.4 Å². The van der Waals surface area contributed by atoms with Crippen LogP contribution in [0.4, 0.5) is 0 Å². The first-order valence-electron chi connectivity index (χ1n) is 8.63. The Morgan fingerprint density at radius 2 is 1.96 bits per heavy atom. The third kappa shape index (κ3) is 7.65. The minimum Gasteiger partial charge on any atom is -0.550 e. The van der Waals surface area contributed by atoms with Gasteiger partial charge >= 0.3 is 5.97 Å². The fraction of sp³-hybridized carbons (Fsp3) is 0.632. The van der Waals surface area contributed by atoms with E-state index in [0.717, 1.165) is 5.69 Å². The highest BCUT2D eigenvalue weighted by Gasteiger charge is 2.32. The fourth-order valence-corrected chi connectivity index (χ4v) is 2.71. The number of aliphatic carboxylic acids is 1. The maximum atomic E-state index is 12.4. The molecule has 0 spiro atoms. The maximum absolute atomic E-state index is 12.4. The molecule has 0 aliphatic rings. The van der Waals surface area contributed by atoms with Crippen LogP contribution < -0.4 is 5.11 Å². The van der Waals surface area contributed by atoms with Gasteiger partial charge in [0, 0.05) is 24.3 Å². The first-order valence-corrected chi connectivity index (χ1v) is 8.63. The van der Waals surface area contributed by atoms with Gasteiger partial charge in [0.05, 0.1) is 26.1 Å². The van der Waals surface area contributed by atoms with Crippen LogP contribution >= 0.6 is 0 Å². The van der Waals surface area contributed by atoms with Crippen molar-refractivity contribution in [2.24, 2.45) is 5.41 Å². The minimum absolute atomic E-state index is 0.00592. The summed E-state index contributed by atoms with van der Waals surface area (Å²) in [5, 5.41) is 10.6. The highest BCUT2D eigenvalue weighted by atomic mass is 16.5. The quantitative estimate of drug-likeness (QED) is 0.470. The number of ether oxygens (including phenoxy) is 1. The second-order valence-corrected chi connectivity index (χ2v) is 7.88. The lowest BCUT2D eigenvalue weighted by molar-refractivity contribution is -0.890. The molecule has 0 amide bonds. The molecule has 25 heavy (non-hydrogen) atoms. The molecule has 0 bridgehead atoms. The molecule has 0 aromatic carbocycles. The van der Waals surface area contributed by atoms with E-state index in [9.17, 15) is 14.7 Å². The average Bonchev–Trinajstić information content (AvgIpc) is 2.53. The predicted molar refractivity (Wildman–Crippen MR) is 93.5 cm³/mol. The summed E-state index contributed by atoms with van der Waals surface area (Å²) >= 11 is 0. The van der Waals surface area contributed by atoms with Crippen molar-refractivity contribution in [1.29, 1.82) is 0 Å². The molecule has 0 saturated heterocycles. The Kier molecular flexibility index (Phi) is 7.55. The molecule has 1 atom stereocenters. The van der Waals surface area contributed by atoms with Crippen LogP contribution in [0.5, 0.6) is 0 Å². The maximum Gasteiger partial charge on any atom is 0.311 e. The highest BCUT2D eigenvalue weighted by Crippen LogP contribution is 2.31. The lowest BCUT2D eigenvalue weighted by Gasteiger charge is -2.31. The van der Waals surface area contributed by atoms with E-state index in [4.69, 9.17) is 4.74 Å². The first-order chi connectivity index (χ1) is 11.5. The molecule has 1 heterocycles. The van der Waals surface area contributed by atoms with E-state index in [0.29, 0.717) is 24.0 Å². The Hall–Kier alpha value is -1.95. The van der Waals surface area contributed by atoms with Gasteiger partial charge in [-0.15, -0.1) is 0 Å². The number of quaternary nitrogens is 1. The second-order valence-electron chi connectivity index (χ2n) is 7.88. The molecule has 0 aliphatic heterocycles. The number of hydrogen-bond acceptors (Lipinski definition) is 5. The monoisotopic (exact) mass is 350 g/mol. The third-order valence-electron chi connectivity index (χ3n) is 4.41. The Morgan fingerprint density at radius 1 is 1.28 bits per heavy atom. The Morgan fingerprint density at radius 3 is 2.52 bits per heavy atom. The van der Waals surface area contributed by atoms with Crippen LogP contribution in [-0.4, -0.2) is 55.2 Å². The zero-order valence-electron chi connectivity index (χ0n) is 15.9. The van der Waals surface area contributed by atoms with Crippen LogP contribution in [0.15, 0.2) is 24.4 Å². The van der Waals surface area contributed by atoms with Crippen molar-refractivity contribution in [3.8, 4) is 0 Å². The Balaban J connectivity index is 2.48. The molecule has 140 valence electrons.